The van der Waals surface area contributed by atoms with E-state index in [-0.39, 0.29) is 36.1 Å². The molecule has 8 nitrogen and oxygen atoms in total. The fraction of sp³-hybridized carbons (Fsp3) is 0.296. The number of rotatable bonds is 3. The van der Waals surface area contributed by atoms with Crippen LogP contribution in [0.25, 0.3) is 16.9 Å². The number of aryl methyl sites for hydroxylation is 1. The van der Waals surface area contributed by atoms with Crippen LogP contribution >= 0.6 is 0 Å². The summed E-state index contributed by atoms with van der Waals surface area (Å²) in [5.74, 6) is -6.21. The highest BCUT2D eigenvalue weighted by molar-refractivity contribution is 6.22. The van der Waals surface area contributed by atoms with E-state index in [0.29, 0.717) is 17.5 Å². The molecule has 1 amide bonds. The van der Waals surface area contributed by atoms with Gasteiger partial charge in [0.2, 0.25) is 5.78 Å². The van der Waals surface area contributed by atoms with Crippen molar-refractivity contribution in [2.24, 2.45) is 17.6 Å². The van der Waals surface area contributed by atoms with Crippen molar-refractivity contribution in [3.63, 3.8) is 0 Å². The van der Waals surface area contributed by atoms with Crippen LogP contribution in [0.2, 0.25) is 0 Å². The van der Waals surface area contributed by atoms with Gasteiger partial charge in [-0.1, -0.05) is 37.3 Å². The zero-order valence-corrected chi connectivity index (χ0v) is 19.0. The van der Waals surface area contributed by atoms with Gasteiger partial charge in [0.15, 0.2) is 11.4 Å². The highest BCUT2D eigenvalue weighted by atomic mass is 16.3. The van der Waals surface area contributed by atoms with Crippen LogP contribution in [0.4, 0.5) is 0 Å². The summed E-state index contributed by atoms with van der Waals surface area (Å²) in [4.78, 5) is 37.9. The first-order chi connectivity index (χ1) is 16.6. The maximum absolute atomic E-state index is 13.6. The van der Waals surface area contributed by atoms with Gasteiger partial charge in [-0.15, -0.1) is 0 Å². The average Bonchev–Trinajstić information content (AvgIpc) is 2.82. The molecule has 3 aliphatic rings. The minimum absolute atomic E-state index is 0.105. The van der Waals surface area contributed by atoms with Gasteiger partial charge in [0, 0.05) is 17.9 Å². The highest BCUT2D eigenvalue weighted by Gasteiger charge is 2.60. The van der Waals surface area contributed by atoms with Crippen LogP contribution in [-0.4, -0.2) is 43.5 Å². The van der Waals surface area contributed by atoms with Crippen LogP contribution < -0.4 is 5.73 Å². The van der Waals surface area contributed by atoms with E-state index in [1.807, 2.05) is 43.3 Å². The van der Waals surface area contributed by atoms with E-state index >= 15 is 0 Å². The Morgan fingerprint density at radius 3 is 2.43 bits per heavy atom. The molecule has 0 aliphatic heterocycles. The Morgan fingerprint density at radius 2 is 1.80 bits per heavy atom. The third kappa shape index (κ3) is 3.06. The van der Waals surface area contributed by atoms with E-state index in [9.17, 15) is 34.8 Å². The topological polar surface area (TPSA) is 158 Å². The molecule has 0 bridgehead atoms. The lowest BCUT2D eigenvalue weighted by Gasteiger charge is -2.46. The largest absolute Gasteiger partial charge is 0.508 e. The number of ketones is 2. The number of Topliss-reactive ketones (excluding diaryl/α,β-unsaturated/α-hetero) is 2. The third-order valence-corrected chi connectivity index (χ3v) is 7.61. The average molecular weight is 475 g/mol. The highest BCUT2D eigenvalue weighted by Crippen LogP contribution is 2.53. The molecular weight excluding hydrogens is 450 g/mol. The predicted molar refractivity (Wildman–Crippen MR) is 126 cm³/mol. The zero-order chi connectivity index (χ0) is 25.2. The molecule has 3 aliphatic carbocycles. The van der Waals surface area contributed by atoms with Crippen molar-refractivity contribution < 1.29 is 34.8 Å². The Balaban J connectivity index is 1.75. The molecule has 2 aromatic rings. The van der Waals surface area contributed by atoms with Gasteiger partial charge in [0.25, 0.3) is 5.91 Å². The van der Waals surface area contributed by atoms with Crippen LogP contribution in [0.1, 0.15) is 36.5 Å². The fourth-order valence-corrected chi connectivity index (χ4v) is 5.89. The molecule has 1 fully saturated rings. The van der Waals surface area contributed by atoms with E-state index in [0.717, 1.165) is 11.1 Å². The van der Waals surface area contributed by atoms with Gasteiger partial charge in [-0.3, -0.25) is 14.4 Å². The molecule has 0 radical (unpaired) electrons. The predicted octanol–water partition coefficient (Wildman–Crippen LogP) is 2.65. The number of fused-ring (bicyclic) bond motifs is 3. The van der Waals surface area contributed by atoms with Crippen LogP contribution in [0.15, 0.2) is 53.3 Å². The molecule has 8 heteroatoms. The minimum atomic E-state index is -2.56. The number of aromatic hydroxyl groups is 1. The number of carbonyl (C=O) groups excluding carboxylic acids is 3. The first kappa shape index (κ1) is 22.9. The smallest absolute Gasteiger partial charge is 0.255 e. The second-order valence-electron chi connectivity index (χ2n) is 9.41. The SMILES string of the molecule is CCc1cc(-c2ccccc2)c2c(c1O)C(O)=C1C(=O)C3(O)C(O)=C(C(N)=O)C(=O)CC3CC1C2. The van der Waals surface area contributed by atoms with Crippen LogP contribution in [0.5, 0.6) is 5.75 Å². The molecule has 35 heavy (non-hydrogen) atoms. The van der Waals surface area contributed by atoms with Crippen molar-refractivity contribution >= 4 is 23.2 Å². The van der Waals surface area contributed by atoms with Gasteiger partial charge in [-0.2, -0.15) is 0 Å². The summed E-state index contributed by atoms with van der Waals surface area (Å²) in [6, 6.07) is 11.4. The normalized spacial score (nSPS) is 25.8. The summed E-state index contributed by atoms with van der Waals surface area (Å²) >= 11 is 0. The van der Waals surface area contributed by atoms with Gasteiger partial charge in [0.05, 0.1) is 5.56 Å². The third-order valence-electron chi connectivity index (χ3n) is 7.61. The van der Waals surface area contributed by atoms with Crippen LogP contribution in [0.3, 0.4) is 0 Å². The summed E-state index contributed by atoms with van der Waals surface area (Å²) in [5, 5.41) is 44.4. The van der Waals surface area contributed by atoms with Crippen molar-refractivity contribution in [1.82, 2.24) is 0 Å². The number of primary amides is 1. The first-order valence-corrected chi connectivity index (χ1v) is 11.5. The van der Waals surface area contributed by atoms with Crippen molar-refractivity contribution in [1.29, 1.82) is 0 Å². The van der Waals surface area contributed by atoms with E-state index in [4.69, 9.17) is 5.73 Å². The number of nitrogens with two attached hydrogens (primary N) is 1. The molecular formula is C27H25NO7. The second kappa shape index (κ2) is 7.81. The summed E-state index contributed by atoms with van der Waals surface area (Å²) in [6.45, 7) is 1.86. The Hall–Kier alpha value is -3.91. The maximum Gasteiger partial charge on any atom is 0.255 e. The number of carbonyl (C=O) groups is 3. The molecule has 2 aromatic carbocycles. The lowest BCUT2D eigenvalue weighted by molar-refractivity contribution is -0.147. The molecule has 5 rings (SSSR count). The zero-order valence-electron chi connectivity index (χ0n) is 19.0. The number of aliphatic hydroxyl groups is 3. The molecule has 180 valence electrons. The van der Waals surface area contributed by atoms with Crippen molar-refractivity contribution in [3.8, 4) is 16.9 Å². The van der Waals surface area contributed by atoms with E-state index in [1.165, 1.54) is 0 Å². The van der Waals surface area contributed by atoms with Gasteiger partial charge < -0.3 is 26.2 Å². The summed E-state index contributed by atoms with van der Waals surface area (Å²) in [7, 11) is 0. The van der Waals surface area contributed by atoms with Crippen molar-refractivity contribution in [3.05, 3.63) is 70.0 Å². The van der Waals surface area contributed by atoms with E-state index in [1.54, 1.807) is 0 Å². The molecule has 6 N–H and O–H groups in total. The number of hydrogen-bond acceptors (Lipinski definition) is 7. The van der Waals surface area contributed by atoms with E-state index in [2.05, 4.69) is 0 Å². The van der Waals surface area contributed by atoms with Gasteiger partial charge in [-0.25, -0.2) is 0 Å². The molecule has 0 saturated heterocycles. The number of hydrogen-bond donors (Lipinski definition) is 5. The lowest BCUT2D eigenvalue weighted by Crippen LogP contribution is -2.58. The molecule has 0 heterocycles. The van der Waals surface area contributed by atoms with Crippen molar-refractivity contribution in [2.45, 2.75) is 38.2 Å². The second-order valence-corrected chi connectivity index (χ2v) is 9.41. The van der Waals surface area contributed by atoms with Crippen molar-refractivity contribution in [2.75, 3.05) is 0 Å². The van der Waals surface area contributed by atoms with Gasteiger partial charge in [-0.05, 0) is 53.5 Å². The van der Waals surface area contributed by atoms with Crippen LogP contribution in [0, 0.1) is 11.8 Å². The summed E-state index contributed by atoms with van der Waals surface area (Å²) < 4.78 is 0. The number of aliphatic hydroxyl groups excluding tert-OH is 2. The maximum atomic E-state index is 13.6. The Morgan fingerprint density at radius 1 is 1.11 bits per heavy atom. The summed E-state index contributed by atoms with van der Waals surface area (Å²) in [5.41, 5.74) is 4.79. The summed E-state index contributed by atoms with van der Waals surface area (Å²) in [6.07, 6.45) is 0.510. The Kier molecular flexibility index (Phi) is 5.10. The molecule has 0 spiro atoms. The molecule has 3 unspecified atom stereocenters. The Labute approximate surface area is 201 Å². The Bertz CT molecular complexity index is 1370. The molecule has 1 saturated carbocycles. The number of benzene rings is 2. The van der Waals surface area contributed by atoms with Crippen LogP contribution in [-0.2, 0) is 27.2 Å². The van der Waals surface area contributed by atoms with Gasteiger partial charge in [0.1, 0.15) is 22.8 Å². The number of amides is 1. The first-order valence-electron chi connectivity index (χ1n) is 11.5. The number of phenols is 1. The lowest BCUT2D eigenvalue weighted by atomic mass is 9.59. The molecule has 0 aromatic heterocycles. The standard InChI is InChI=1S/C27H25NO7/c1-2-12-9-16(13-6-4-3-5-7-13)17-10-14-8-15-11-18(29)21(26(28)34)25(33)27(15,35)24(32)19(14)23(31)20(17)22(12)30/h3-7,9,14-15,30-31,33,35H,2,8,10-11H2,1H3,(H2,28,34). The fourth-order valence-electron chi connectivity index (χ4n) is 5.89. The quantitative estimate of drug-likeness (QED) is 0.427. The molecule has 3 atom stereocenters. The monoisotopic (exact) mass is 475 g/mol. The minimum Gasteiger partial charge on any atom is -0.508 e. The number of phenolic OH excluding ortho intramolecular Hbond substituents is 1. The van der Waals surface area contributed by atoms with Gasteiger partial charge >= 0.3 is 0 Å². The van der Waals surface area contributed by atoms with E-state index < -0.39 is 52.0 Å².